The van der Waals surface area contributed by atoms with Gasteiger partial charge in [0.2, 0.25) is 0 Å². The van der Waals surface area contributed by atoms with E-state index >= 15 is 0 Å². The first-order valence-corrected chi connectivity index (χ1v) is 7.81. The molecule has 0 radical (unpaired) electrons. The maximum absolute atomic E-state index is 12.2. The molecule has 0 bridgehead atoms. The van der Waals surface area contributed by atoms with E-state index in [1.807, 2.05) is 18.2 Å². The second-order valence-corrected chi connectivity index (χ2v) is 5.70. The van der Waals surface area contributed by atoms with Gasteiger partial charge in [-0.15, -0.1) is 0 Å². The van der Waals surface area contributed by atoms with Gasteiger partial charge in [-0.1, -0.05) is 19.1 Å². The van der Waals surface area contributed by atoms with Gasteiger partial charge in [-0.25, -0.2) is 4.98 Å². The molecule has 21 heavy (non-hydrogen) atoms. The third kappa shape index (κ3) is 3.91. The first-order valence-electron chi connectivity index (χ1n) is 7.81. The lowest BCUT2D eigenvalue weighted by atomic mass is 9.99. The van der Waals surface area contributed by atoms with Gasteiger partial charge in [0.15, 0.2) is 0 Å². The second kappa shape index (κ2) is 7.36. The second-order valence-electron chi connectivity index (χ2n) is 5.70. The molecule has 114 valence electrons. The van der Waals surface area contributed by atoms with Gasteiger partial charge in [-0.2, -0.15) is 0 Å². The zero-order chi connectivity index (χ0) is 15.2. The Morgan fingerprint density at radius 3 is 2.81 bits per heavy atom. The number of hydrogen-bond acceptors (Lipinski definition) is 3. The summed E-state index contributed by atoms with van der Waals surface area (Å²) in [6, 6.07) is 8.05. The van der Waals surface area contributed by atoms with Crippen LogP contribution < -0.4 is 5.73 Å². The number of aromatic nitrogens is 2. The number of carbonyl (C=O) groups excluding carboxylic acids is 1. The molecule has 0 aliphatic heterocycles. The average molecular weight is 287 g/mol. The maximum Gasteiger partial charge on any atom is 0.140 e. The lowest BCUT2D eigenvalue weighted by molar-refractivity contribution is -0.118. The number of para-hydroxylation sites is 2. The molecule has 2 aromatic rings. The SMILES string of the molecule is CCn1c(CC(=O)CCC(C)CCN)nc2ccccc21. The van der Waals surface area contributed by atoms with Crippen LogP contribution in [0.2, 0.25) is 0 Å². The van der Waals surface area contributed by atoms with Crippen molar-refractivity contribution in [2.75, 3.05) is 6.54 Å². The van der Waals surface area contributed by atoms with Gasteiger partial charge in [0.1, 0.15) is 11.6 Å². The molecule has 0 aliphatic rings. The zero-order valence-electron chi connectivity index (χ0n) is 13.0. The van der Waals surface area contributed by atoms with Crippen LogP contribution in [0.1, 0.15) is 38.9 Å². The van der Waals surface area contributed by atoms with E-state index in [2.05, 4.69) is 29.5 Å². The summed E-state index contributed by atoms with van der Waals surface area (Å²) in [5.41, 5.74) is 7.62. The van der Waals surface area contributed by atoms with Crippen molar-refractivity contribution >= 4 is 16.8 Å². The van der Waals surface area contributed by atoms with Gasteiger partial charge in [0.25, 0.3) is 0 Å². The Hall–Kier alpha value is -1.68. The molecule has 1 atom stereocenters. The topological polar surface area (TPSA) is 60.9 Å². The predicted octanol–water partition coefficient (Wildman–Crippen LogP) is 2.93. The van der Waals surface area contributed by atoms with Crippen molar-refractivity contribution in [1.82, 2.24) is 9.55 Å². The Bertz CT molecular complexity index is 603. The van der Waals surface area contributed by atoms with Crippen LogP contribution in [0.5, 0.6) is 0 Å². The first-order chi connectivity index (χ1) is 10.2. The Balaban J connectivity index is 2.04. The quantitative estimate of drug-likeness (QED) is 0.812. The van der Waals surface area contributed by atoms with Crippen molar-refractivity contribution in [3.05, 3.63) is 30.1 Å². The number of nitrogens with two attached hydrogens (primary N) is 1. The van der Waals surface area contributed by atoms with E-state index in [1.165, 1.54) is 0 Å². The summed E-state index contributed by atoms with van der Waals surface area (Å²) < 4.78 is 2.14. The fourth-order valence-electron chi connectivity index (χ4n) is 2.71. The molecule has 0 fully saturated rings. The Morgan fingerprint density at radius 1 is 1.33 bits per heavy atom. The number of rotatable bonds is 8. The molecule has 4 nitrogen and oxygen atoms in total. The highest BCUT2D eigenvalue weighted by Gasteiger charge is 2.13. The predicted molar refractivity (Wildman–Crippen MR) is 86.2 cm³/mol. The number of hydrogen-bond donors (Lipinski definition) is 1. The summed E-state index contributed by atoms with van der Waals surface area (Å²) in [5, 5.41) is 0. The molecule has 0 saturated carbocycles. The molecule has 0 saturated heterocycles. The van der Waals surface area contributed by atoms with Crippen molar-refractivity contribution < 1.29 is 4.79 Å². The number of carbonyl (C=O) groups is 1. The molecule has 0 amide bonds. The fourth-order valence-corrected chi connectivity index (χ4v) is 2.71. The summed E-state index contributed by atoms with van der Waals surface area (Å²) >= 11 is 0. The standard InChI is InChI=1S/C17H25N3O/c1-3-20-16-7-5-4-6-15(16)19-17(20)12-14(21)9-8-13(2)10-11-18/h4-7,13H,3,8-12,18H2,1-2H3. The first kappa shape index (κ1) is 15.7. The van der Waals surface area contributed by atoms with Crippen LogP contribution in [0.15, 0.2) is 24.3 Å². The van der Waals surface area contributed by atoms with E-state index < -0.39 is 0 Å². The minimum atomic E-state index is 0.267. The van der Waals surface area contributed by atoms with Crippen LogP contribution in [0.4, 0.5) is 0 Å². The van der Waals surface area contributed by atoms with E-state index in [0.717, 1.165) is 36.2 Å². The third-order valence-electron chi connectivity index (χ3n) is 3.98. The van der Waals surface area contributed by atoms with Crippen molar-refractivity contribution in [1.29, 1.82) is 0 Å². The van der Waals surface area contributed by atoms with Crippen LogP contribution in [0.3, 0.4) is 0 Å². The molecule has 1 aromatic carbocycles. The molecule has 0 aliphatic carbocycles. The summed E-state index contributed by atoms with van der Waals surface area (Å²) in [4.78, 5) is 16.8. The van der Waals surface area contributed by atoms with Gasteiger partial charge < -0.3 is 10.3 Å². The van der Waals surface area contributed by atoms with Crippen molar-refractivity contribution in [3.63, 3.8) is 0 Å². The minimum Gasteiger partial charge on any atom is -0.330 e. The number of fused-ring (bicyclic) bond motifs is 1. The summed E-state index contributed by atoms with van der Waals surface area (Å²) in [6.45, 7) is 5.78. The number of imidazole rings is 1. The Labute approximate surface area is 126 Å². The molecule has 2 N–H and O–H groups in total. The van der Waals surface area contributed by atoms with E-state index in [0.29, 0.717) is 25.3 Å². The maximum atomic E-state index is 12.2. The van der Waals surface area contributed by atoms with Crippen LogP contribution in [-0.4, -0.2) is 21.9 Å². The van der Waals surface area contributed by atoms with Crippen LogP contribution in [0, 0.1) is 5.92 Å². The normalized spacial score (nSPS) is 12.7. The smallest absolute Gasteiger partial charge is 0.140 e. The van der Waals surface area contributed by atoms with Crippen molar-refractivity contribution in [3.8, 4) is 0 Å². The van der Waals surface area contributed by atoms with Gasteiger partial charge in [0.05, 0.1) is 17.5 Å². The summed E-state index contributed by atoms with van der Waals surface area (Å²) in [5.74, 6) is 1.67. The van der Waals surface area contributed by atoms with Crippen molar-refractivity contribution in [2.24, 2.45) is 11.7 Å². The monoisotopic (exact) mass is 287 g/mol. The average Bonchev–Trinajstić information content (AvgIpc) is 2.82. The molecule has 1 aromatic heterocycles. The van der Waals surface area contributed by atoms with Gasteiger partial charge in [-0.05, 0) is 44.4 Å². The lowest BCUT2D eigenvalue weighted by Gasteiger charge is -2.09. The van der Waals surface area contributed by atoms with E-state index in [9.17, 15) is 4.79 Å². The number of aryl methyl sites for hydroxylation is 1. The number of benzene rings is 1. The highest BCUT2D eigenvalue weighted by molar-refractivity contribution is 5.82. The zero-order valence-corrected chi connectivity index (χ0v) is 13.0. The molecular formula is C17H25N3O. The molecule has 1 unspecified atom stereocenters. The van der Waals surface area contributed by atoms with Gasteiger partial charge in [-0.3, -0.25) is 4.79 Å². The third-order valence-corrected chi connectivity index (χ3v) is 3.98. The lowest BCUT2D eigenvalue weighted by Crippen LogP contribution is -2.12. The van der Waals surface area contributed by atoms with E-state index in [1.54, 1.807) is 0 Å². The minimum absolute atomic E-state index is 0.267. The van der Waals surface area contributed by atoms with E-state index in [4.69, 9.17) is 5.73 Å². The molecular weight excluding hydrogens is 262 g/mol. The molecule has 4 heteroatoms. The summed E-state index contributed by atoms with van der Waals surface area (Å²) in [6.07, 6.45) is 2.95. The highest BCUT2D eigenvalue weighted by Crippen LogP contribution is 2.17. The van der Waals surface area contributed by atoms with Gasteiger partial charge in [0, 0.05) is 13.0 Å². The van der Waals surface area contributed by atoms with Crippen LogP contribution in [0.25, 0.3) is 11.0 Å². The number of Topliss-reactive ketones (excluding diaryl/α,β-unsaturated/α-hetero) is 1. The Morgan fingerprint density at radius 2 is 2.10 bits per heavy atom. The van der Waals surface area contributed by atoms with Crippen LogP contribution >= 0.6 is 0 Å². The molecule has 1 heterocycles. The van der Waals surface area contributed by atoms with Gasteiger partial charge >= 0.3 is 0 Å². The Kier molecular flexibility index (Phi) is 5.51. The van der Waals surface area contributed by atoms with Crippen LogP contribution in [-0.2, 0) is 17.8 Å². The largest absolute Gasteiger partial charge is 0.330 e. The number of nitrogens with zero attached hydrogens (tertiary/aromatic N) is 2. The highest BCUT2D eigenvalue weighted by atomic mass is 16.1. The fraction of sp³-hybridized carbons (Fsp3) is 0.529. The molecule has 0 spiro atoms. The van der Waals surface area contributed by atoms with Crippen molar-refractivity contribution in [2.45, 2.75) is 46.1 Å². The summed E-state index contributed by atoms with van der Waals surface area (Å²) in [7, 11) is 0. The molecule has 2 rings (SSSR count). The van der Waals surface area contributed by atoms with E-state index in [-0.39, 0.29) is 5.78 Å². The number of ketones is 1.